The lowest BCUT2D eigenvalue weighted by molar-refractivity contribution is -0.0176. The second-order valence-electron chi connectivity index (χ2n) is 3.61. The second-order valence-corrected chi connectivity index (χ2v) is 3.61. The molecule has 0 aromatic heterocycles. The molecule has 15 heavy (non-hydrogen) atoms. The normalized spacial score (nSPS) is 11.7. The number of unbranched alkanes of at least 4 members (excludes halogenated alkanes) is 3. The molecule has 0 aromatic rings. The molecule has 0 heterocycles. The average molecular weight is 216 g/mol. The molecular weight excluding hydrogens is 192 g/mol. The van der Waals surface area contributed by atoms with Crippen LogP contribution in [0.3, 0.4) is 0 Å². The first-order chi connectivity index (χ1) is 7.35. The van der Waals surface area contributed by atoms with Gasteiger partial charge in [-0.05, 0) is 19.3 Å². The van der Waals surface area contributed by atoms with Gasteiger partial charge >= 0.3 is 0 Å². The third kappa shape index (κ3) is 9.91. The maximum atomic E-state index is 8.72. The molecule has 0 unspecified atom stereocenters. The summed E-state index contributed by atoms with van der Waals surface area (Å²) < 4.78 is 5.22. The predicted octanol–water partition coefficient (Wildman–Crippen LogP) is 1.88. The molecule has 0 aromatic carbocycles. The van der Waals surface area contributed by atoms with Crippen LogP contribution in [0.4, 0.5) is 0 Å². The lowest BCUT2D eigenvalue weighted by Gasteiger charge is -2.10. The van der Waals surface area contributed by atoms with Crippen LogP contribution in [0, 0.1) is 0 Å². The Morgan fingerprint density at radius 2 is 1.73 bits per heavy atom. The van der Waals surface area contributed by atoms with Gasteiger partial charge in [-0.25, -0.2) is 0 Å². The van der Waals surface area contributed by atoms with Crippen LogP contribution in [0.15, 0.2) is 12.2 Å². The summed E-state index contributed by atoms with van der Waals surface area (Å²) in [5.41, 5.74) is 0. The van der Waals surface area contributed by atoms with E-state index in [0.29, 0.717) is 6.61 Å². The zero-order chi connectivity index (χ0) is 11.4. The lowest BCUT2D eigenvalue weighted by atomic mass is 10.2. The van der Waals surface area contributed by atoms with E-state index in [1.165, 1.54) is 19.3 Å². The summed E-state index contributed by atoms with van der Waals surface area (Å²) in [4.78, 5) is 0. The topological polar surface area (TPSA) is 49.7 Å². The Kier molecular flexibility index (Phi) is 11.4. The van der Waals surface area contributed by atoms with Crippen molar-refractivity contribution in [2.45, 2.75) is 45.1 Å². The Morgan fingerprint density at radius 1 is 1.07 bits per heavy atom. The van der Waals surface area contributed by atoms with Crippen LogP contribution < -0.4 is 0 Å². The second kappa shape index (κ2) is 11.7. The van der Waals surface area contributed by atoms with E-state index in [1.807, 2.05) is 0 Å². The Bertz CT molecular complexity index is 142. The summed E-state index contributed by atoms with van der Waals surface area (Å²) in [5, 5.41) is 17.4. The molecule has 0 rings (SSSR count). The van der Waals surface area contributed by atoms with Crippen molar-refractivity contribution in [1.29, 1.82) is 0 Å². The number of hydrogen-bond acceptors (Lipinski definition) is 3. The van der Waals surface area contributed by atoms with Crippen molar-refractivity contribution in [3.63, 3.8) is 0 Å². The van der Waals surface area contributed by atoms with Crippen LogP contribution in [0.2, 0.25) is 0 Å². The van der Waals surface area contributed by atoms with Crippen molar-refractivity contribution in [3.05, 3.63) is 12.2 Å². The number of aliphatic hydroxyl groups excluding tert-OH is 2. The van der Waals surface area contributed by atoms with E-state index in [4.69, 9.17) is 14.9 Å². The third-order valence-corrected chi connectivity index (χ3v) is 2.19. The highest BCUT2D eigenvalue weighted by molar-refractivity contribution is 4.81. The number of ether oxygens (including phenoxy) is 1. The van der Waals surface area contributed by atoms with Gasteiger partial charge in [0.2, 0.25) is 0 Å². The van der Waals surface area contributed by atoms with E-state index in [1.54, 1.807) is 0 Å². The van der Waals surface area contributed by atoms with Crippen molar-refractivity contribution in [2.24, 2.45) is 0 Å². The largest absolute Gasteiger partial charge is 0.394 e. The summed E-state index contributed by atoms with van der Waals surface area (Å²) in [6.45, 7) is 2.53. The molecule has 0 aliphatic rings. The van der Waals surface area contributed by atoms with Gasteiger partial charge < -0.3 is 14.9 Å². The summed E-state index contributed by atoms with van der Waals surface area (Å²) in [6, 6.07) is 0. The first-order valence-electron chi connectivity index (χ1n) is 5.83. The zero-order valence-electron chi connectivity index (χ0n) is 9.69. The summed E-state index contributed by atoms with van der Waals surface area (Å²) in [6.07, 6.45) is 9.64. The highest BCUT2D eigenvalue weighted by Gasteiger charge is 2.03. The lowest BCUT2D eigenvalue weighted by Crippen LogP contribution is -2.22. The fraction of sp³-hybridized carbons (Fsp3) is 0.833. The van der Waals surface area contributed by atoms with Gasteiger partial charge in [-0.2, -0.15) is 0 Å². The van der Waals surface area contributed by atoms with Gasteiger partial charge in [0.1, 0.15) is 6.10 Å². The molecule has 0 atom stereocenters. The Labute approximate surface area is 92.8 Å². The van der Waals surface area contributed by atoms with Crippen LogP contribution in [0.25, 0.3) is 0 Å². The Balaban J connectivity index is 3.22. The van der Waals surface area contributed by atoms with E-state index in [9.17, 15) is 0 Å². The monoisotopic (exact) mass is 216 g/mol. The summed E-state index contributed by atoms with van der Waals surface area (Å²) in [5.74, 6) is 0. The molecule has 0 bridgehead atoms. The smallest absolute Gasteiger partial charge is 0.104 e. The molecule has 3 heteroatoms. The molecule has 0 saturated heterocycles. The average Bonchev–Trinajstić information content (AvgIpc) is 2.27. The molecule has 0 amide bonds. The standard InChI is InChI=1S/C12H24O3/c1-2-3-4-5-6-7-8-9-15-12(10-13)11-14/h6-7,12-14H,2-5,8-11H2,1H3/b7-6+. The predicted molar refractivity (Wildman–Crippen MR) is 61.8 cm³/mol. The molecule has 0 saturated carbocycles. The quantitative estimate of drug-likeness (QED) is 0.433. The summed E-state index contributed by atoms with van der Waals surface area (Å²) >= 11 is 0. The molecule has 0 spiro atoms. The Morgan fingerprint density at radius 3 is 2.33 bits per heavy atom. The van der Waals surface area contributed by atoms with Crippen molar-refractivity contribution >= 4 is 0 Å². The van der Waals surface area contributed by atoms with Crippen molar-refractivity contribution in [2.75, 3.05) is 19.8 Å². The van der Waals surface area contributed by atoms with Crippen LogP contribution >= 0.6 is 0 Å². The minimum absolute atomic E-state index is 0.114. The van der Waals surface area contributed by atoms with E-state index in [2.05, 4.69) is 19.1 Å². The van der Waals surface area contributed by atoms with Gasteiger partial charge in [-0.1, -0.05) is 31.9 Å². The molecule has 90 valence electrons. The molecule has 0 aliphatic heterocycles. The highest BCUT2D eigenvalue weighted by Crippen LogP contribution is 2.00. The number of allylic oxidation sites excluding steroid dienone is 1. The van der Waals surface area contributed by atoms with Gasteiger partial charge in [-0.15, -0.1) is 0 Å². The fourth-order valence-corrected chi connectivity index (χ4v) is 1.21. The highest BCUT2D eigenvalue weighted by atomic mass is 16.5. The third-order valence-electron chi connectivity index (χ3n) is 2.19. The van der Waals surface area contributed by atoms with Crippen LogP contribution in [-0.4, -0.2) is 36.1 Å². The maximum absolute atomic E-state index is 8.72. The summed E-state index contributed by atoms with van der Waals surface area (Å²) in [7, 11) is 0. The minimum atomic E-state index is -0.418. The number of aliphatic hydroxyl groups is 2. The van der Waals surface area contributed by atoms with Crippen LogP contribution in [0.5, 0.6) is 0 Å². The van der Waals surface area contributed by atoms with Crippen LogP contribution in [-0.2, 0) is 4.74 Å². The first kappa shape index (κ1) is 14.6. The molecule has 3 nitrogen and oxygen atoms in total. The molecular formula is C12H24O3. The van der Waals surface area contributed by atoms with Gasteiger partial charge in [-0.3, -0.25) is 0 Å². The molecule has 0 radical (unpaired) electrons. The number of hydrogen-bond donors (Lipinski definition) is 2. The molecule has 0 aliphatic carbocycles. The van der Waals surface area contributed by atoms with E-state index >= 15 is 0 Å². The molecule has 2 N–H and O–H groups in total. The molecule has 0 fully saturated rings. The Hall–Kier alpha value is -0.380. The van der Waals surface area contributed by atoms with Gasteiger partial charge in [0.15, 0.2) is 0 Å². The first-order valence-corrected chi connectivity index (χ1v) is 5.83. The van der Waals surface area contributed by atoms with Crippen molar-refractivity contribution < 1.29 is 14.9 Å². The van der Waals surface area contributed by atoms with Gasteiger partial charge in [0.05, 0.1) is 19.8 Å². The number of rotatable bonds is 10. The van der Waals surface area contributed by atoms with Crippen molar-refractivity contribution in [1.82, 2.24) is 0 Å². The van der Waals surface area contributed by atoms with E-state index in [-0.39, 0.29) is 13.2 Å². The SMILES string of the molecule is CCCCC/C=C/CCOC(CO)CO. The van der Waals surface area contributed by atoms with Gasteiger partial charge in [0, 0.05) is 0 Å². The maximum Gasteiger partial charge on any atom is 0.104 e. The zero-order valence-corrected chi connectivity index (χ0v) is 9.69. The van der Waals surface area contributed by atoms with E-state index < -0.39 is 6.10 Å². The van der Waals surface area contributed by atoms with Crippen LogP contribution in [0.1, 0.15) is 39.0 Å². The minimum Gasteiger partial charge on any atom is -0.394 e. The van der Waals surface area contributed by atoms with Gasteiger partial charge in [0.25, 0.3) is 0 Å². The van der Waals surface area contributed by atoms with E-state index in [0.717, 1.165) is 12.8 Å². The fourth-order valence-electron chi connectivity index (χ4n) is 1.21. The van der Waals surface area contributed by atoms with Crippen molar-refractivity contribution in [3.8, 4) is 0 Å².